The lowest BCUT2D eigenvalue weighted by Gasteiger charge is -2.44. The van der Waals surface area contributed by atoms with Crippen LogP contribution < -0.4 is 5.32 Å². The van der Waals surface area contributed by atoms with Gasteiger partial charge in [-0.3, -0.25) is 19.2 Å². The number of rotatable bonds is 9. The molecule has 1 aliphatic rings. The van der Waals surface area contributed by atoms with Gasteiger partial charge in [-0.25, -0.2) is 9.78 Å². The summed E-state index contributed by atoms with van der Waals surface area (Å²) in [7, 11) is 0. The standard InChI is InChI=1S/C21H27NO10/c1-12(23)22-18-20(30-15(4)26)19(29-14(3)25)17(11-27-13(2)24)31-21(18)32-28-10-16-8-6-5-7-9-16/h5-9,17-21H,10-11H2,1-4H3,(H,22,23). The average molecular weight is 453 g/mol. The largest absolute Gasteiger partial charge is 0.463 e. The van der Waals surface area contributed by atoms with E-state index in [0.717, 1.165) is 19.4 Å². The number of nitrogens with one attached hydrogen (secondary N) is 1. The summed E-state index contributed by atoms with van der Waals surface area (Å²) in [5.41, 5.74) is 0.810. The second-order valence-electron chi connectivity index (χ2n) is 7.06. The Morgan fingerprint density at radius 1 is 0.906 bits per heavy atom. The Bertz CT molecular complexity index is 799. The van der Waals surface area contributed by atoms with Crippen molar-refractivity contribution in [2.24, 2.45) is 0 Å². The summed E-state index contributed by atoms with van der Waals surface area (Å²) < 4.78 is 21.5. The first-order valence-electron chi connectivity index (χ1n) is 9.90. The van der Waals surface area contributed by atoms with E-state index >= 15 is 0 Å². The minimum absolute atomic E-state index is 0.0632. The molecule has 11 nitrogen and oxygen atoms in total. The number of benzene rings is 1. The fraction of sp³-hybridized carbons (Fsp3) is 0.524. The molecule has 0 spiro atoms. The lowest BCUT2D eigenvalue weighted by molar-refractivity contribution is -0.416. The Morgan fingerprint density at radius 3 is 2.09 bits per heavy atom. The number of ether oxygens (including phenoxy) is 4. The molecule has 176 valence electrons. The predicted molar refractivity (Wildman–Crippen MR) is 106 cm³/mol. The van der Waals surface area contributed by atoms with Gasteiger partial charge < -0.3 is 24.3 Å². The highest BCUT2D eigenvalue weighted by atomic mass is 17.2. The lowest BCUT2D eigenvalue weighted by Crippen LogP contribution is -2.66. The fourth-order valence-electron chi connectivity index (χ4n) is 3.12. The van der Waals surface area contributed by atoms with Crippen LogP contribution in [0.25, 0.3) is 0 Å². The van der Waals surface area contributed by atoms with Crippen molar-refractivity contribution < 1.29 is 47.9 Å². The van der Waals surface area contributed by atoms with Gasteiger partial charge >= 0.3 is 17.9 Å². The molecule has 1 amide bonds. The van der Waals surface area contributed by atoms with Crippen LogP contribution in [0.5, 0.6) is 0 Å². The summed E-state index contributed by atoms with van der Waals surface area (Å²) in [6, 6.07) is 8.04. The molecule has 1 saturated heterocycles. The Hall–Kier alpha value is -3.02. The summed E-state index contributed by atoms with van der Waals surface area (Å²) >= 11 is 0. The van der Waals surface area contributed by atoms with E-state index in [4.69, 9.17) is 28.7 Å². The number of carbonyl (C=O) groups is 4. The quantitative estimate of drug-likeness (QED) is 0.247. The SMILES string of the molecule is CC(=O)NC1C(OOCc2ccccc2)OC(COC(C)=O)C(OC(C)=O)C1OC(C)=O. The van der Waals surface area contributed by atoms with Gasteiger partial charge in [0.15, 0.2) is 12.2 Å². The molecule has 0 aromatic heterocycles. The Morgan fingerprint density at radius 2 is 1.53 bits per heavy atom. The van der Waals surface area contributed by atoms with E-state index in [0.29, 0.717) is 0 Å². The molecule has 1 heterocycles. The van der Waals surface area contributed by atoms with Gasteiger partial charge in [-0.15, -0.1) is 0 Å². The molecule has 1 aromatic carbocycles. The summed E-state index contributed by atoms with van der Waals surface area (Å²) in [5.74, 6) is -2.46. The van der Waals surface area contributed by atoms with Crippen LogP contribution in [0.4, 0.5) is 0 Å². The van der Waals surface area contributed by atoms with Crippen molar-refractivity contribution in [2.75, 3.05) is 6.61 Å². The van der Waals surface area contributed by atoms with Crippen molar-refractivity contribution in [2.45, 2.75) is 64.9 Å². The second kappa shape index (κ2) is 12.1. The number of amides is 1. The van der Waals surface area contributed by atoms with Crippen LogP contribution in [-0.2, 0) is 54.5 Å². The van der Waals surface area contributed by atoms with E-state index < -0.39 is 54.5 Å². The van der Waals surface area contributed by atoms with Crippen LogP contribution in [0.1, 0.15) is 33.3 Å². The molecule has 0 bridgehead atoms. The average Bonchev–Trinajstić information content (AvgIpc) is 2.70. The highest BCUT2D eigenvalue weighted by Gasteiger charge is 2.51. The maximum atomic E-state index is 11.8. The van der Waals surface area contributed by atoms with E-state index in [-0.39, 0.29) is 13.2 Å². The zero-order chi connectivity index (χ0) is 23.7. The van der Waals surface area contributed by atoms with Crippen molar-refractivity contribution in [3.05, 3.63) is 35.9 Å². The molecule has 32 heavy (non-hydrogen) atoms. The van der Waals surface area contributed by atoms with Crippen molar-refractivity contribution in [1.82, 2.24) is 5.32 Å². The number of esters is 3. The predicted octanol–water partition coefficient (Wildman–Crippen LogP) is 0.791. The molecular weight excluding hydrogens is 426 g/mol. The van der Waals surface area contributed by atoms with Crippen molar-refractivity contribution in [3.63, 3.8) is 0 Å². The maximum Gasteiger partial charge on any atom is 0.303 e. The maximum absolute atomic E-state index is 11.8. The van der Waals surface area contributed by atoms with Crippen LogP contribution in [0.15, 0.2) is 30.3 Å². The van der Waals surface area contributed by atoms with Crippen molar-refractivity contribution >= 4 is 23.8 Å². The van der Waals surface area contributed by atoms with Crippen molar-refractivity contribution in [3.8, 4) is 0 Å². The number of hydrogen-bond acceptors (Lipinski definition) is 10. The molecule has 0 aliphatic carbocycles. The number of hydrogen-bond donors (Lipinski definition) is 1. The van der Waals surface area contributed by atoms with Gasteiger partial charge in [0.05, 0.1) is 0 Å². The van der Waals surface area contributed by atoms with Crippen LogP contribution in [0.2, 0.25) is 0 Å². The van der Waals surface area contributed by atoms with Gasteiger partial charge in [0.2, 0.25) is 12.2 Å². The van der Waals surface area contributed by atoms with Crippen LogP contribution in [0, 0.1) is 0 Å². The minimum Gasteiger partial charge on any atom is -0.463 e. The molecule has 11 heteroatoms. The van der Waals surface area contributed by atoms with E-state index in [1.165, 1.54) is 13.8 Å². The van der Waals surface area contributed by atoms with E-state index in [1.807, 2.05) is 30.3 Å². The van der Waals surface area contributed by atoms with E-state index in [1.54, 1.807) is 0 Å². The van der Waals surface area contributed by atoms with Gasteiger partial charge in [-0.05, 0) is 5.56 Å². The first-order chi connectivity index (χ1) is 15.2. The third-order valence-electron chi connectivity index (χ3n) is 4.30. The summed E-state index contributed by atoms with van der Waals surface area (Å²) in [6.07, 6.45) is -4.75. The van der Waals surface area contributed by atoms with Crippen LogP contribution in [-0.4, -0.2) is 61.1 Å². The Labute approximate surface area is 185 Å². The van der Waals surface area contributed by atoms with Crippen molar-refractivity contribution in [1.29, 1.82) is 0 Å². The number of carbonyl (C=O) groups excluding carboxylic acids is 4. The molecule has 5 atom stereocenters. The summed E-state index contributed by atoms with van der Waals surface area (Å²) in [5, 5.41) is 2.58. The monoisotopic (exact) mass is 453 g/mol. The summed E-state index contributed by atoms with van der Waals surface area (Å²) in [4.78, 5) is 57.3. The molecule has 1 N–H and O–H groups in total. The Balaban J connectivity index is 2.28. The minimum atomic E-state index is -1.28. The zero-order valence-electron chi connectivity index (χ0n) is 18.3. The first kappa shape index (κ1) is 25.2. The topological polar surface area (TPSA) is 136 Å². The first-order valence-corrected chi connectivity index (χ1v) is 9.90. The van der Waals surface area contributed by atoms with E-state index in [9.17, 15) is 19.2 Å². The zero-order valence-corrected chi connectivity index (χ0v) is 18.3. The molecule has 0 radical (unpaired) electrons. The molecular formula is C21H27NO10. The van der Waals surface area contributed by atoms with Gasteiger partial charge in [-0.1, -0.05) is 30.3 Å². The molecule has 1 fully saturated rings. The Kier molecular flexibility index (Phi) is 9.57. The van der Waals surface area contributed by atoms with Crippen LogP contribution in [0.3, 0.4) is 0 Å². The fourth-order valence-corrected chi connectivity index (χ4v) is 3.12. The molecule has 0 saturated carbocycles. The summed E-state index contributed by atoms with van der Waals surface area (Å²) in [6.45, 7) is 4.51. The molecule has 2 rings (SSSR count). The van der Waals surface area contributed by atoms with Gasteiger partial charge in [-0.2, -0.15) is 0 Å². The smallest absolute Gasteiger partial charge is 0.303 e. The molecule has 5 unspecified atom stereocenters. The molecule has 1 aliphatic heterocycles. The van der Waals surface area contributed by atoms with Gasteiger partial charge in [0.25, 0.3) is 0 Å². The highest BCUT2D eigenvalue weighted by molar-refractivity contribution is 5.73. The third-order valence-corrected chi connectivity index (χ3v) is 4.30. The lowest BCUT2D eigenvalue weighted by atomic mass is 9.96. The molecule has 1 aromatic rings. The third kappa shape index (κ3) is 7.91. The van der Waals surface area contributed by atoms with Gasteiger partial charge in [0.1, 0.15) is 25.4 Å². The van der Waals surface area contributed by atoms with Crippen LogP contribution >= 0.6 is 0 Å². The van der Waals surface area contributed by atoms with Gasteiger partial charge in [0, 0.05) is 27.7 Å². The normalized spacial score (nSPS) is 24.8. The van der Waals surface area contributed by atoms with E-state index in [2.05, 4.69) is 5.32 Å². The second-order valence-corrected chi connectivity index (χ2v) is 7.06. The highest BCUT2D eigenvalue weighted by Crippen LogP contribution is 2.28.